The predicted octanol–water partition coefficient (Wildman–Crippen LogP) is 0.443. The van der Waals surface area contributed by atoms with Crippen LogP contribution in [0, 0.1) is 0 Å². The summed E-state index contributed by atoms with van der Waals surface area (Å²) in [5.74, 6) is 0. The maximum absolute atomic E-state index is 12.5. The molecule has 21 heavy (non-hydrogen) atoms. The lowest BCUT2D eigenvalue weighted by molar-refractivity contribution is 0.0684. The highest BCUT2D eigenvalue weighted by atomic mass is 32.2. The Morgan fingerprint density at radius 1 is 1.05 bits per heavy atom. The SMILES string of the molecule is O=S(=O)(N1CCOCC1)N1CCN(Cc2ccsc2)CC1. The lowest BCUT2D eigenvalue weighted by Crippen LogP contribution is -2.54. The highest BCUT2D eigenvalue weighted by molar-refractivity contribution is 7.86. The van der Waals surface area contributed by atoms with E-state index in [1.807, 2.05) is 0 Å². The summed E-state index contributed by atoms with van der Waals surface area (Å²) in [6.07, 6.45) is 0. The van der Waals surface area contributed by atoms with Crippen LogP contribution >= 0.6 is 11.3 Å². The standard InChI is InChI=1S/C13H21N3O3S2/c17-21(18,16-6-8-19-9-7-16)15-4-2-14(3-5-15)11-13-1-10-20-12-13/h1,10,12H,2-9,11H2. The van der Waals surface area contributed by atoms with E-state index >= 15 is 0 Å². The normalized spacial score (nSPS) is 23.4. The van der Waals surface area contributed by atoms with Crippen molar-refractivity contribution in [2.45, 2.75) is 6.54 Å². The first kappa shape index (κ1) is 15.4. The molecule has 0 N–H and O–H groups in total. The summed E-state index contributed by atoms with van der Waals surface area (Å²) >= 11 is 1.70. The third-order valence-electron chi connectivity index (χ3n) is 3.94. The van der Waals surface area contributed by atoms with Crippen LogP contribution < -0.4 is 0 Å². The zero-order valence-corrected chi connectivity index (χ0v) is 13.6. The van der Waals surface area contributed by atoms with Gasteiger partial charge in [0.2, 0.25) is 0 Å². The molecule has 3 heterocycles. The Kier molecular flexibility index (Phi) is 4.92. The lowest BCUT2D eigenvalue weighted by Gasteiger charge is -2.37. The second-order valence-electron chi connectivity index (χ2n) is 5.33. The Hall–Kier alpha value is -0.510. The summed E-state index contributed by atoms with van der Waals surface area (Å²) in [4.78, 5) is 2.31. The molecule has 118 valence electrons. The second kappa shape index (κ2) is 6.72. The molecular weight excluding hydrogens is 310 g/mol. The Balaban J connectivity index is 1.55. The van der Waals surface area contributed by atoms with Gasteiger partial charge in [0.05, 0.1) is 13.2 Å². The third kappa shape index (κ3) is 3.64. The van der Waals surface area contributed by atoms with Gasteiger partial charge in [-0.05, 0) is 22.4 Å². The average molecular weight is 331 g/mol. The fourth-order valence-electron chi connectivity index (χ4n) is 2.70. The van der Waals surface area contributed by atoms with Crippen molar-refractivity contribution < 1.29 is 13.2 Å². The molecule has 0 saturated carbocycles. The van der Waals surface area contributed by atoms with Gasteiger partial charge >= 0.3 is 0 Å². The van der Waals surface area contributed by atoms with Gasteiger partial charge in [0.15, 0.2) is 0 Å². The topological polar surface area (TPSA) is 53.1 Å². The first-order valence-electron chi connectivity index (χ1n) is 7.23. The highest BCUT2D eigenvalue weighted by Crippen LogP contribution is 2.16. The molecule has 0 aromatic carbocycles. The molecule has 0 unspecified atom stereocenters. The summed E-state index contributed by atoms with van der Waals surface area (Å²) in [5, 5.41) is 4.23. The molecule has 2 saturated heterocycles. The quantitative estimate of drug-likeness (QED) is 0.803. The Labute approximate surface area is 130 Å². The average Bonchev–Trinajstić information content (AvgIpc) is 3.02. The second-order valence-corrected chi connectivity index (χ2v) is 8.03. The fraction of sp³-hybridized carbons (Fsp3) is 0.692. The predicted molar refractivity (Wildman–Crippen MR) is 82.5 cm³/mol. The number of piperazine rings is 1. The summed E-state index contributed by atoms with van der Waals surface area (Å²) in [7, 11) is -3.31. The van der Waals surface area contributed by atoms with Gasteiger partial charge in [-0.25, -0.2) is 0 Å². The van der Waals surface area contributed by atoms with Gasteiger partial charge in [-0.2, -0.15) is 28.4 Å². The molecule has 6 nitrogen and oxygen atoms in total. The lowest BCUT2D eigenvalue weighted by atomic mass is 10.3. The van der Waals surface area contributed by atoms with Crippen LogP contribution in [-0.4, -0.2) is 74.4 Å². The Morgan fingerprint density at radius 3 is 2.33 bits per heavy atom. The molecule has 8 heteroatoms. The van der Waals surface area contributed by atoms with Crippen LogP contribution in [0.4, 0.5) is 0 Å². The van der Waals surface area contributed by atoms with Crippen LogP contribution in [0.3, 0.4) is 0 Å². The smallest absolute Gasteiger partial charge is 0.282 e. The molecule has 0 bridgehead atoms. The summed E-state index contributed by atoms with van der Waals surface area (Å²) < 4.78 is 33.5. The van der Waals surface area contributed by atoms with Gasteiger partial charge in [-0.15, -0.1) is 0 Å². The van der Waals surface area contributed by atoms with Crippen molar-refractivity contribution in [1.82, 2.24) is 13.5 Å². The molecule has 0 spiro atoms. The van der Waals surface area contributed by atoms with E-state index in [9.17, 15) is 8.42 Å². The van der Waals surface area contributed by atoms with Gasteiger partial charge in [0.25, 0.3) is 10.2 Å². The van der Waals surface area contributed by atoms with Gasteiger partial charge in [-0.3, -0.25) is 4.90 Å². The summed E-state index contributed by atoms with van der Waals surface area (Å²) in [6.45, 7) is 5.57. The fourth-order valence-corrected chi connectivity index (χ4v) is 4.92. The highest BCUT2D eigenvalue weighted by Gasteiger charge is 2.33. The molecule has 2 aliphatic heterocycles. The van der Waals surface area contributed by atoms with Crippen LogP contribution in [0.25, 0.3) is 0 Å². The van der Waals surface area contributed by atoms with E-state index in [1.54, 1.807) is 19.9 Å². The first-order chi connectivity index (χ1) is 10.2. The minimum atomic E-state index is -3.31. The monoisotopic (exact) mass is 331 g/mol. The zero-order valence-electron chi connectivity index (χ0n) is 12.0. The van der Waals surface area contributed by atoms with Crippen LogP contribution in [0.1, 0.15) is 5.56 Å². The summed E-state index contributed by atoms with van der Waals surface area (Å²) in [6, 6.07) is 2.13. The van der Waals surface area contributed by atoms with E-state index in [0.717, 1.165) is 19.6 Å². The van der Waals surface area contributed by atoms with Crippen molar-refractivity contribution >= 4 is 21.5 Å². The maximum Gasteiger partial charge on any atom is 0.282 e. The van der Waals surface area contributed by atoms with E-state index in [1.165, 1.54) is 5.56 Å². The number of nitrogens with zero attached hydrogens (tertiary/aromatic N) is 3. The minimum absolute atomic E-state index is 0.470. The largest absolute Gasteiger partial charge is 0.379 e. The van der Waals surface area contributed by atoms with Crippen LogP contribution in [-0.2, 0) is 21.5 Å². The van der Waals surface area contributed by atoms with Crippen molar-refractivity contribution in [2.24, 2.45) is 0 Å². The third-order valence-corrected chi connectivity index (χ3v) is 6.71. The van der Waals surface area contributed by atoms with Crippen molar-refractivity contribution in [1.29, 1.82) is 0 Å². The van der Waals surface area contributed by atoms with E-state index in [-0.39, 0.29) is 0 Å². The zero-order chi connectivity index (χ0) is 14.7. The Morgan fingerprint density at radius 2 is 1.71 bits per heavy atom. The number of hydrogen-bond donors (Lipinski definition) is 0. The summed E-state index contributed by atoms with van der Waals surface area (Å²) in [5.41, 5.74) is 1.31. The number of morpholine rings is 1. The molecule has 2 aliphatic rings. The van der Waals surface area contributed by atoms with Crippen molar-refractivity contribution in [3.05, 3.63) is 22.4 Å². The molecule has 3 rings (SSSR count). The van der Waals surface area contributed by atoms with Crippen LogP contribution in [0.5, 0.6) is 0 Å². The minimum Gasteiger partial charge on any atom is -0.379 e. The Bertz CT molecular complexity index is 533. The number of ether oxygens (including phenoxy) is 1. The van der Waals surface area contributed by atoms with E-state index in [4.69, 9.17) is 4.74 Å². The number of hydrogen-bond acceptors (Lipinski definition) is 5. The molecule has 0 atom stereocenters. The molecule has 1 aromatic rings. The van der Waals surface area contributed by atoms with Crippen molar-refractivity contribution in [3.8, 4) is 0 Å². The van der Waals surface area contributed by atoms with Gasteiger partial charge in [0.1, 0.15) is 0 Å². The first-order valence-corrected chi connectivity index (χ1v) is 9.56. The molecule has 0 aliphatic carbocycles. The van der Waals surface area contributed by atoms with E-state index in [0.29, 0.717) is 39.4 Å². The molecular formula is C13H21N3O3S2. The van der Waals surface area contributed by atoms with Crippen molar-refractivity contribution in [3.63, 3.8) is 0 Å². The molecule has 2 fully saturated rings. The van der Waals surface area contributed by atoms with E-state index in [2.05, 4.69) is 21.7 Å². The molecule has 1 aromatic heterocycles. The van der Waals surface area contributed by atoms with Gasteiger partial charge in [0, 0.05) is 45.8 Å². The number of rotatable bonds is 4. The maximum atomic E-state index is 12.5. The van der Waals surface area contributed by atoms with E-state index < -0.39 is 10.2 Å². The van der Waals surface area contributed by atoms with Gasteiger partial charge in [-0.1, -0.05) is 0 Å². The van der Waals surface area contributed by atoms with Gasteiger partial charge < -0.3 is 4.74 Å². The van der Waals surface area contributed by atoms with Crippen LogP contribution in [0.15, 0.2) is 16.8 Å². The van der Waals surface area contributed by atoms with Crippen molar-refractivity contribution in [2.75, 3.05) is 52.5 Å². The van der Waals surface area contributed by atoms with Crippen LogP contribution in [0.2, 0.25) is 0 Å². The molecule has 0 amide bonds. The number of thiophene rings is 1. The molecule has 0 radical (unpaired) electrons.